The maximum Gasteiger partial charge on any atom is 0.336 e. The van der Waals surface area contributed by atoms with Crippen molar-refractivity contribution in [2.75, 3.05) is 14.2 Å². The van der Waals surface area contributed by atoms with Gasteiger partial charge in [0.1, 0.15) is 6.26 Å². The zero-order valence-corrected chi connectivity index (χ0v) is 11.4. The number of carbonyl (C=O) groups is 1. The summed E-state index contributed by atoms with van der Waals surface area (Å²) in [6.07, 6.45) is 3.92. The molecule has 0 aliphatic heterocycles. The van der Waals surface area contributed by atoms with Crippen molar-refractivity contribution < 1.29 is 19.0 Å². The van der Waals surface area contributed by atoms with E-state index in [0.29, 0.717) is 17.1 Å². The molecule has 0 N–H and O–H groups in total. The van der Waals surface area contributed by atoms with E-state index in [2.05, 4.69) is 11.3 Å². The van der Waals surface area contributed by atoms with Crippen molar-refractivity contribution in [1.29, 1.82) is 0 Å². The summed E-state index contributed by atoms with van der Waals surface area (Å²) in [5, 5.41) is 0. The zero-order chi connectivity index (χ0) is 14.3. The first kappa shape index (κ1) is 14.8. The summed E-state index contributed by atoms with van der Waals surface area (Å²) in [6.45, 7) is 5.30. The lowest BCUT2D eigenvalue weighted by molar-refractivity contribution is -0.136. The Morgan fingerprint density at radius 1 is 1.32 bits per heavy atom. The van der Waals surface area contributed by atoms with Gasteiger partial charge < -0.3 is 14.2 Å². The molecule has 0 atom stereocenters. The van der Waals surface area contributed by atoms with Gasteiger partial charge in [-0.3, -0.25) is 0 Å². The fraction of sp³-hybridized carbons (Fsp3) is 0.267. The Kier molecular flexibility index (Phi) is 5.67. The molecule has 0 spiro atoms. The predicted octanol–water partition coefficient (Wildman–Crippen LogP) is 2.88. The van der Waals surface area contributed by atoms with Crippen LogP contribution in [0.2, 0.25) is 0 Å². The Hall–Kier alpha value is -2.23. The first-order chi connectivity index (χ1) is 9.12. The normalized spacial score (nSPS) is 10.8. The largest absolute Gasteiger partial charge is 0.493 e. The number of ether oxygens (including phenoxy) is 3. The van der Waals surface area contributed by atoms with Gasteiger partial charge in [0.2, 0.25) is 0 Å². The standard InChI is InChI=1S/C15H18O4/c1-5-6-12-7-8-13(14(9-12)17-3)19-10-11(2)15(16)18-4/h5,7-10H,1,6H2,2-4H3. The lowest BCUT2D eigenvalue weighted by Crippen LogP contribution is -2.03. The molecule has 0 radical (unpaired) electrons. The summed E-state index contributed by atoms with van der Waals surface area (Å²) in [6, 6.07) is 5.58. The van der Waals surface area contributed by atoms with Gasteiger partial charge in [-0.05, 0) is 31.0 Å². The van der Waals surface area contributed by atoms with Crippen molar-refractivity contribution in [3.8, 4) is 11.5 Å². The van der Waals surface area contributed by atoms with Gasteiger partial charge in [0.25, 0.3) is 0 Å². The third kappa shape index (κ3) is 4.17. The average molecular weight is 262 g/mol. The summed E-state index contributed by atoms with van der Waals surface area (Å²) in [4.78, 5) is 11.2. The third-order valence-corrected chi connectivity index (χ3v) is 2.48. The van der Waals surface area contributed by atoms with E-state index in [4.69, 9.17) is 9.47 Å². The van der Waals surface area contributed by atoms with Crippen LogP contribution in [-0.4, -0.2) is 20.2 Å². The molecule has 0 aliphatic rings. The first-order valence-corrected chi connectivity index (χ1v) is 5.82. The Balaban J connectivity index is 2.89. The van der Waals surface area contributed by atoms with E-state index in [1.165, 1.54) is 13.4 Å². The fourth-order valence-electron chi connectivity index (χ4n) is 1.46. The van der Waals surface area contributed by atoms with Crippen LogP contribution in [0.1, 0.15) is 12.5 Å². The molecule has 4 nitrogen and oxygen atoms in total. The maximum absolute atomic E-state index is 11.2. The van der Waals surface area contributed by atoms with E-state index in [-0.39, 0.29) is 0 Å². The lowest BCUT2D eigenvalue weighted by atomic mass is 10.1. The highest BCUT2D eigenvalue weighted by Crippen LogP contribution is 2.28. The molecule has 1 rings (SSSR count). The predicted molar refractivity (Wildman–Crippen MR) is 73.3 cm³/mol. The molecule has 0 aromatic heterocycles. The quantitative estimate of drug-likeness (QED) is 0.342. The fourth-order valence-corrected chi connectivity index (χ4v) is 1.46. The van der Waals surface area contributed by atoms with Gasteiger partial charge in [0.15, 0.2) is 11.5 Å². The van der Waals surface area contributed by atoms with Crippen LogP contribution in [-0.2, 0) is 16.0 Å². The summed E-state index contributed by atoms with van der Waals surface area (Å²) in [5.74, 6) is 0.717. The third-order valence-electron chi connectivity index (χ3n) is 2.48. The van der Waals surface area contributed by atoms with Crippen molar-refractivity contribution in [2.24, 2.45) is 0 Å². The number of benzene rings is 1. The molecule has 0 fully saturated rings. The number of allylic oxidation sites excluding steroid dienone is 1. The summed E-state index contributed by atoms with van der Waals surface area (Å²) < 4.78 is 15.3. The van der Waals surface area contributed by atoms with E-state index < -0.39 is 5.97 Å². The Morgan fingerprint density at radius 3 is 2.63 bits per heavy atom. The van der Waals surface area contributed by atoms with Gasteiger partial charge in [-0.25, -0.2) is 4.79 Å². The van der Waals surface area contributed by atoms with Gasteiger partial charge in [-0.15, -0.1) is 6.58 Å². The van der Waals surface area contributed by atoms with Crippen molar-refractivity contribution in [3.63, 3.8) is 0 Å². The van der Waals surface area contributed by atoms with Crippen LogP contribution in [0.15, 0.2) is 42.7 Å². The molecule has 102 valence electrons. The molecule has 1 aromatic carbocycles. The van der Waals surface area contributed by atoms with Crippen LogP contribution in [0.5, 0.6) is 11.5 Å². The minimum atomic E-state index is -0.428. The lowest BCUT2D eigenvalue weighted by Gasteiger charge is -2.09. The second-order valence-corrected chi connectivity index (χ2v) is 3.89. The highest BCUT2D eigenvalue weighted by molar-refractivity contribution is 5.87. The number of methoxy groups -OCH3 is 2. The van der Waals surface area contributed by atoms with Crippen molar-refractivity contribution in [3.05, 3.63) is 48.3 Å². The van der Waals surface area contributed by atoms with Crippen LogP contribution in [0.3, 0.4) is 0 Å². The van der Waals surface area contributed by atoms with Crippen molar-refractivity contribution >= 4 is 5.97 Å². The minimum absolute atomic E-state index is 0.375. The highest BCUT2D eigenvalue weighted by atomic mass is 16.5. The number of hydrogen-bond acceptors (Lipinski definition) is 4. The molecule has 0 unspecified atom stereocenters. The van der Waals surface area contributed by atoms with Crippen molar-refractivity contribution in [2.45, 2.75) is 13.3 Å². The Morgan fingerprint density at radius 2 is 2.05 bits per heavy atom. The zero-order valence-electron chi connectivity index (χ0n) is 11.4. The van der Waals surface area contributed by atoms with Crippen molar-refractivity contribution in [1.82, 2.24) is 0 Å². The molecule has 19 heavy (non-hydrogen) atoms. The topological polar surface area (TPSA) is 44.8 Å². The van der Waals surface area contributed by atoms with Crippen LogP contribution in [0, 0.1) is 0 Å². The number of esters is 1. The van der Waals surface area contributed by atoms with Crippen LogP contribution < -0.4 is 9.47 Å². The van der Waals surface area contributed by atoms with E-state index >= 15 is 0 Å². The summed E-state index contributed by atoms with van der Waals surface area (Å²) >= 11 is 0. The molecule has 4 heteroatoms. The van der Waals surface area contributed by atoms with Gasteiger partial charge in [-0.2, -0.15) is 0 Å². The monoisotopic (exact) mass is 262 g/mol. The number of carbonyl (C=O) groups excluding carboxylic acids is 1. The van der Waals surface area contributed by atoms with Crippen LogP contribution in [0.4, 0.5) is 0 Å². The molecular formula is C15H18O4. The molecular weight excluding hydrogens is 244 g/mol. The number of rotatable bonds is 6. The minimum Gasteiger partial charge on any atom is -0.493 e. The van der Waals surface area contributed by atoms with Gasteiger partial charge in [0.05, 0.1) is 19.8 Å². The molecule has 1 aromatic rings. The summed E-state index contributed by atoms with van der Waals surface area (Å²) in [7, 11) is 2.89. The molecule has 0 saturated heterocycles. The van der Waals surface area contributed by atoms with Gasteiger partial charge in [-0.1, -0.05) is 12.1 Å². The Labute approximate surface area is 113 Å². The first-order valence-electron chi connectivity index (χ1n) is 5.82. The molecule has 0 aliphatic carbocycles. The van der Waals surface area contributed by atoms with E-state index in [1.54, 1.807) is 20.1 Å². The second kappa shape index (κ2) is 7.26. The maximum atomic E-state index is 11.2. The molecule has 0 bridgehead atoms. The molecule has 0 amide bonds. The highest BCUT2D eigenvalue weighted by Gasteiger charge is 2.07. The second-order valence-electron chi connectivity index (χ2n) is 3.89. The molecule has 0 saturated carbocycles. The van der Waals surface area contributed by atoms with Gasteiger partial charge in [0, 0.05) is 0 Å². The number of hydrogen-bond donors (Lipinski definition) is 0. The van der Waals surface area contributed by atoms with Crippen LogP contribution >= 0.6 is 0 Å². The van der Waals surface area contributed by atoms with Crippen LogP contribution in [0.25, 0.3) is 0 Å². The molecule has 0 heterocycles. The smallest absolute Gasteiger partial charge is 0.336 e. The van der Waals surface area contributed by atoms with E-state index in [1.807, 2.05) is 18.2 Å². The van der Waals surface area contributed by atoms with E-state index in [0.717, 1.165) is 12.0 Å². The summed E-state index contributed by atoms with van der Waals surface area (Å²) in [5.41, 5.74) is 1.45. The van der Waals surface area contributed by atoms with E-state index in [9.17, 15) is 4.79 Å². The van der Waals surface area contributed by atoms with Gasteiger partial charge >= 0.3 is 5.97 Å². The SMILES string of the molecule is C=CCc1ccc(OC=C(C)C(=O)OC)c(OC)c1. The Bertz CT molecular complexity index is 489. The average Bonchev–Trinajstić information content (AvgIpc) is 2.44.